The first-order chi connectivity index (χ1) is 14.7. The van der Waals surface area contributed by atoms with Crippen LogP contribution in [0.25, 0.3) is 0 Å². The number of aldehydes is 1. The van der Waals surface area contributed by atoms with Crippen LogP contribution in [-0.2, 0) is 22.6 Å². The minimum absolute atomic E-state index is 0.237. The number of ether oxygens (including phenoxy) is 2. The van der Waals surface area contributed by atoms with Crippen molar-refractivity contribution in [2.75, 3.05) is 6.61 Å². The van der Waals surface area contributed by atoms with E-state index in [-0.39, 0.29) is 18.1 Å². The van der Waals surface area contributed by atoms with E-state index in [9.17, 15) is 4.79 Å². The van der Waals surface area contributed by atoms with Gasteiger partial charge in [0.05, 0.1) is 6.10 Å². The van der Waals surface area contributed by atoms with Gasteiger partial charge >= 0.3 is 0 Å². The number of fused-ring (bicyclic) bond motifs is 5. The van der Waals surface area contributed by atoms with Gasteiger partial charge in [-0.3, -0.25) is 0 Å². The first-order valence-electron chi connectivity index (χ1n) is 11.5. The Kier molecular flexibility index (Phi) is 5.41. The molecule has 0 radical (unpaired) electrons. The molecule has 158 valence electrons. The molecule has 0 heterocycles. The van der Waals surface area contributed by atoms with Gasteiger partial charge in [0.1, 0.15) is 25.2 Å². The Balaban J connectivity index is 1.31. The fraction of sp³-hybridized carbons (Fsp3) is 0.519. The number of carbonyl (C=O) groups excluding carboxylic acids is 1. The van der Waals surface area contributed by atoms with Gasteiger partial charge in [-0.15, -0.1) is 0 Å². The molecule has 0 aliphatic heterocycles. The van der Waals surface area contributed by atoms with Crippen molar-refractivity contribution in [2.45, 2.75) is 64.1 Å². The van der Waals surface area contributed by atoms with E-state index in [4.69, 9.17) is 9.47 Å². The van der Waals surface area contributed by atoms with Crippen molar-refractivity contribution in [3.05, 3.63) is 65.2 Å². The lowest BCUT2D eigenvalue weighted by Crippen LogP contribution is -2.44. The highest BCUT2D eigenvalue weighted by Gasteiger charge is 2.55. The molecule has 0 saturated heterocycles. The largest absolute Gasteiger partial charge is 0.489 e. The van der Waals surface area contributed by atoms with Crippen molar-refractivity contribution in [3.63, 3.8) is 0 Å². The predicted molar refractivity (Wildman–Crippen MR) is 118 cm³/mol. The molecule has 5 atom stereocenters. The van der Waals surface area contributed by atoms with Crippen LogP contribution in [0.1, 0.15) is 61.6 Å². The molecule has 0 aromatic heterocycles. The maximum absolute atomic E-state index is 10.8. The van der Waals surface area contributed by atoms with Gasteiger partial charge in [-0.05, 0) is 90.5 Å². The topological polar surface area (TPSA) is 35.5 Å². The van der Waals surface area contributed by atoms with Gasteiger partial charge in [-0.1, -0.05) is 43.3 Å². The normalized spacial score (nSPS) is 32.0. The van der Waals surface area contributed by atoms with E-state index in [0.29, 0.717) is 12.5 Å². The Morgan fingerprint density at radius 2 is 1.93 bits per heavy atom. The van der Waals surface area contributed by atoms with Crippen LogP contribution in [0.15, 0.2) is 48.5 Å². The predicted octanol–water partition coefficient (Wildman–Crippen LogP) is 5.71. The van der Waals surface area contributed by atoms with Crippen molar-refractivity contribution < 1.29 is 14.3 Å². The van der Waals surface area contributed by atoms with Gasteiger partial charge in [0.2, 0.25) is 0 Å². The number of benzene rings is 2. The lowest BCUT2D eigenvalue weighted by Gasteiger charge is -2.50. The summed E-state index contributed by atoms with van der Waals surface area (Å²) >= 11 is 0. The highest BCUT2D eigenvalue weighted by Crippen LogP contribution is 2.61. The van der Waals surface area contributed by atoms with Crippen LogP contribution in [0.4, 0.5) is 0 Å². The van der Waals surface area contributed by atoms with Gasteiger partial charge < -0.3 is 14.3 Å². The van der Waals surface area contributed by atoms with E-state index in [0.717, 1.165) is 36.7 Å². The monoisotopic (exact) mass is 404 g/mol. The van der Waals surface area contributed by atoms with E-state index in [1.807, 2.05) is 6.07 Å². The number of carbonyl (C=O) groups is 1. The van der Waals surface area contributed by atoms with Crippen molar-refractivity contribution in [1.29, 1.82) is 0 Å². The lowest BCUT2D eigenvalue weighted by molar-refractivity contribution is -0.118. The van der Waals surface area contributed by atoms with Crippen LogP contribution in [0, 0.1) is 17.3 Å². The third-order valence-corrected chi connectivity index (χ3v) is 8.22. The standard InChI is InChI=1S/C27H32O3/c1-27-14-13-23-22-10-8-21(30-18-19-5-3-2-4-6-19)17-20(22)7-9-24(23)25(27)11-12-26(27)29-16-15-28/h2-6,8,10,15,17,23-26H,7,9,11-14,16,18H2,1H3. The lowest BCUT2D eigenvalue weighted by atomic mass is 9.55. The molecule has 2 aromatic carbocycles. The minimum atomic E-state index is 0.237. The number of hydrogen-bond acceptors (Lipinski definition) is 3. The molecule has 0 amide bonds. The van der Waals surface area contributed by atoms with E-state index < -0.39 is 0 Å². The van der Waals surface area contributed by atoms with Gasteiger partial charge in [0.25, 0.3) is 0 Å². The molecule has 2 saturated carbocycles. The Morgan fingerprint density at radius 3 is 2.77 bits per heavy atom. The van der Waals surface area contributed by atoms with Gasteiger partial charge in [0.15, 0.2) is 0 Å². The molecular formula is C27H32O3. The van der Waals surface area contributed by atoms with Gasteiger partial charge in [0, 0.05) is 0 Å². The summed E-state index contributed by atoms with van der Waals surface area (Å²) in [5.74, 6) is 3.12. The first kappa shape index (κ1) is 19.8. The zero-order valence-corrected chi connectivity index (χ0v) is 17.9. The number of hydrogen-bond donors (Lipinski definition) is 0. The molecule has 3 aliphatic rings. The summed E-state index contributed by atoms with van der Waals surface area (Å²) in [5, 5.41) is 0. The molecule has 3 heteroatoms. The van der Waals surface area contributed by atoms with Crippen LogP contribution in [0.3, 0.4) is 0 Å². The second-order valence-corrected chi connectivity index (χ2v) is 9.66. The Hall–Kier alpha value is -2.13. The van der Waals surface area contributed by atoms with E-state index in [1.54, 1.807) is 5.56 Å². The van der Waals surface area contributed by atoms with E-state index >= 15 is 0 Å². The summed E-state index contributed by atoms with van der Waals surface area (Å²) in [7, 11) is 0. The maximum atomic E-state index is 10.8. The summed E-state index contributed by atoms with van der Waals surface area (Å²) in [6, 6.07) is 17.2. The molecule has 0 bridgehead atoms. The smallest absolute Gasteiger partial charge is 0.145 e. The van der Waals surface area contributed by atoms with Crippen LogP contribution < -0.4 is 4.74 Å². The third kappa shape index (κ3) is 3.47. The van der Waals surface area contributed by atoms with E-state index in [2.05, 4.69) is 49.4 Å². The average molecular weight is 405 g/mol. The fourth-order valence-corrected chi connectivity index (χ4v) is 6.77. The molecule has 5 rings (SSSR count). The molecular weight excluding hydrogens is 372 g/mol. The van der Waals surface area contributed by atoms with Crippen LogP contribution in [0.2, 0.25) is 0 Å². The SMILES string of the molecule is CC12CCC3c4ccc(OCc5ccccc5)cc4CCC3C1CCC2OCC=O. The first-order valence-corrected chi connectivity index (χ1v) is 11.5. The summed E-state index contributed by atoms with van der Waals surface area (Å²) < 4.78 is 12.1. The Morgan fingerprint density at radius 1 is 1.07 bits per heavy atom. The summed E-state index contributed by atoms with van der Waals surface area (Å²) in [6.45, 7) is 3.29. The Labute approximate surface area is 179 Å². The van der Waals surface area contributed by atoms with Crippen molar-refractivity contribution >= 4 is 6.29 Å². The highest BCUT2D eigenvalue weighted by atomic mass is 16.5. The fourth-order valence-electron chi connectivity index (χ4n) is 6.77. The zero-order chi connectivity index (χ0) is 20.6. The highest BCUT2D eigenvalue weighted by molar-refractivity contribution is 5.50. The number of rotatable bonds is 6. The third-order valence-electron chi connectivity index (χ3n) is 8.22. The summed E-state index contributed by atoms with van der Waals surface area (Å²) in [4.78, 5) is 10.8. The van der Waals surface area contributed by atoms with Crippen LogP contribution in [0.5, 0.6) is 5.75 Å². The summed E-state index contributed by atoms with van der Waals surface area (Å²) in [6.07, 6.45) is 8.35. The number of aryl methyl sites for hydroxylation is 1. The van der Waals surface area contributed by atoms with E-state index in [1.165, 1.54) is 36.8 Å². The second kappa shape index (κ2) is 8.19. The molecule has 0 N–H and O–H groups in total. The molecule has 2 fully saturated rings. The van der Waals surface area contributed by atoms with Gasteiger partial charge in [-0.25, -0.2) is 0 Å². The van der Waals surface area contributed by atoms with Crippen molar-refractivity contribution in [2.24, 2.45) is 17.3 Å². The maximum Gasteiger partial charge on any atom is 0.145 e. The van der Waals surface area contributed by atoms with Gasteiger partial charge in [-0.2, -0.15) is 0 Å². The zero-order valence-electron chi connectivity index (χ0n) is 17.9. The summed E-state index contributed by atoms with van der Waals surface area (Å²) in [5.41, 5.74) is 4.48. The van der Waals surface area contributed by atoms with Crippen LogP contribution >= 0.6 is 0 Å². The quantitative estimate of drug-likeness (QED) is 0.579. The van der Waals surface area contributed by atoms with Crippen molar-refractivity contribution in [3.8, 4) is 5.75 Å². The molecule has 5 unspecified atom stereocenters. The average Bonchev–Trinajstić information content (AvgIpc) is 3.12. The van der Waals surface area contributed by atoms with Crippen LogP contribution in [-0.4, -0.2) is 19.0 Å². The molecule has 30 heavy (non-hydrogen) atoms. The van der Waals surface area contributed by atoms with Crippen molar-refractivity contribution in [1.82, 2.24) is 0 Å². The minimum Gasteiger partial charge on any atom is -0.489 e. The Bertz CT molecular complexity index is 892. The second-order valence-electron chi connectivity index (χ2n) is 9.66. The molecule has 3 nitrogen and oxygen atoms in total. The molecule has 0 spiro atoms. The molecule has 2 aromatic rings. The molecule has 3 aliphatic carbocycles.